The largest absolute Gasteiger partial charge is 0.508 e. The third-order valence-electron chi connectivity index (χ3n) is 11.3. The summed E-state index contributed by atoms with van der Waals surface area (Å²) in [6, 6.07) is -2.39. The summed E-state index contributed by atoms with van der Waals surface area (Å²) in [7, 11) is 2.25. The monoisotopic (exact) mass is 991 g/mol. The zero-order chi connectivity index (χ0) is 50.7. The lowest BCUT2D eigenvalue weighted by atomic mass is 9.96. The van der Waals surface area contributed by atoms with E-state index in [0.717, 1.165) is 21.6 Å². The molecular weight excluding hydrogens is 927 g/mol. The Morgan fingerprint density at radius 2 is 1.50 bits per heavy atom. The van der Waals surface area contributed by atoms with Crippen LogP contribution in [0.5, 0.6) is 5.75 Å². The fourth-order valence-corrected chi connectivity index (χ4v) is 9.67. The lowest BCUT2D eigenvalue weighted by Gasteiger charge is -2.39. The minimum Gasteiger partial charge on any atom is -0.508 e. The SMILES string of the molecule is CCC(C)C1NC(=O)C(Cc2ccc(O)cc2)NC(=O)CCSSCC(C(=O)N2CCCC2N(C=O)C(CC(C)C)C(=O)NCC(N)=O)NC(=O)C(CC(N)=O)NC(=O)C(CCC(N)=O)NC1=O. The number of carbonyl (C=O) groups is 11. The Kier molecular flexibility index (Phi) is 22.9. The van der Waals surface area contributed by atoms with Crippen molar-refractivity contribution in [3.63, 3.8) is 0 Å². The summed E-state index contributed by atoms with van der Waals surface area (Å²) in [6.07, 6.45) is -1.15. The molecule has 8 atom stereocenters. The Bertz CT molecular complexity index is 1990. The fourth-order valence-electron chi connectivity index (χ4n) is 7.53. The molecule has 0 aliphatic carbocycles. The molecule has 8 unspecified atom stereocenters. The number of aromatic hydroxyl groups is 1. The number of hydrogen-bond acceptors (Lipinski definition) is 14. The highest BCUT2D eigenvalue weighted by Gasteiger charge is 2.42. The van der Waals surface area contributed by atoms with Crippen molar-refractivity contribution in [3.8, 4) is 5.75 Å². The summed E-state index contributed by atoms with van der Waals surface area (Å²) in [5.74, 6) is -8.98. The average Bonchev–Trinajstić information content (AvgIpc) is 3.76. The molecule has 376 valence electrons. The molecule has 1 aromatic carbocycles. The van der Waals surface area contributed by atoms with Crippen LogP contribution in [-0.4, -0.2) is 147 Å². The van der Waals surface area contributed by atoms with Crippen LogP contribution in [0.15, 0.2) is 24.3 Å². The second-order valence-corrected chi connectivity index (χ2v) is 19.7. The van der Waals surface area contributed by atoms with E-state index in [4.69, 9.17) is 17.2 Å². The Balaban J connectivity index is 2.07. The van der Waals surface area contributed by atoms with E-state index in [1.54, 1.807) is 26.0 Å². The van der Waals surface area contributed by atoms with Gasteiger partial charge in [0.2, 0.25) is 65.5 Å². The molecule has 1 aromatic rings. The van der Waals surface area contributed by atoms with Crippen molar-refractivity contribution < 1.29 is 57.8 Å². The number of phenolic OH excluding ortho intramolecular Hbond substituents is 1. The average molecular weight is 992 g/mol. The quantitative estimate of drug-likeness (QED) is 0.0549. The molecule has 2 heterocycles. The number of amides is 11. The summed E-state index contributed by atoms with van der Waals surface area (Å²) in [4.78, 5) is 149. The summed E-state index contributed by atoms with van der Waals surface area (Å²) in [5, 5.41) is 25.3. The molecular formula is C43H65N11O12S2. The van der Waals surface area contributed by atoms with Gasteiger partial charge < -0.3 is 64.0 Å². The molecule has 0 saturated carbocycles. The molecule has 23 nitrogen and oxygen atoms in total. The lowest BCUT2D eigenvalue weighted by Crippen LogP contribution is -2.62. The summed E-state index contributed by atoms with van der Waals surface area (Å²) < 4.78 is 0. The van der Waals surface area contributed by atoms with Crippen molar-refractivity contribution in [2.45, 2.75) is 128 Å². The zero-order valence-corrected chi connectivity index (χ0v) is 40.3. The molecule has 68 heavy (non-hydrogen) atoms. The van der Waals surface area contributed by atoms with Gasteiger partial charge in [0.1, 0.15) is 48.2 Å². The summed E-state index contributed by atoms with van der Waals surface area (Å²) in [6.45, 7) is 6.67. The van der Waals surface area contributed by atoms with Crippen molar-refractivity contribution in [1.82, 2.24) is 41.7 Å². The van der Waals surface area contributed by atoms with Crippen molar-refractivity contribution in [3.05, 3.63) is 29.8 Å². The third-order valence-corrected chi connectivity index (χ3v) is 13.7. The maximum absolute atomic E-state index is 14.6. The molecule has 11 amide bonds. The van der Waals surface area contributed by atoms with E-state index < -0.39 is 127 Å². The molecule has 2 aliphatic rings. The van der Waals surface area contributed by atoms with Crippen LogP contribution >= 0.6 is 21.6 Å². The van der Waals surface area contributed by atoms with E-state index in [-0.39, 0.29) is 61.8 Å². The zero-order valence-electron chi connectivity index (χ0n) is 38.7. The number of hydrogen-bond donors (Lipinski definition) is 10. The smallest absolute Gasteiger partial charge is 0.247 e. The van der Waals surface area contributed by atoms with E-state index in [0.29, 0.717) is 24.8 Å². The predicted molar refractivity (Wildman–Crippen MR) is 251 cm³/mol. The molecule has 0 aromatic heterocycles. The van der Waals surface area contributed by atoms with Gasteiger partial charge in [-0.2, -0.15) is 0 Å². The maximum atomic E-state index is 14.6. The van der Waals surface area contributed by atoms with Gasteiger partial charge in [-0.25, -0.2) is 0 Å². The van der Waals surface area contributed by atoms with Gasteiger partial charge >= 0.3 is 0 Å². The molecule has 0 spiro atoms. The highest BCUT2D eigenvalue weighted by Crippen LogP contribution is 2.28. The van der Waals surface area contributed by atoms with Crippen molar-refractivity contribution in [2.75, 3.05) is 24.6 Å². The van der Waals surface area contributed by atoms with Crippen LogP contribution in [0.25, 0.3) is 0 Å². The normalized spacial score (nSPS) is 23.4. The Labute approximate surface area is 402 Å². The van der Waals surface area contributed by atoms with Gasteiger partial charge in [-0.1, -0.05) is 67.8 Å². The van der Waals surface area contributed by atoms with Crippen molar-refractivity contribution in [1.29, 1.82) is 0 Å². The van der Waals surface area contributed by atoms with Gasteiger partial charge in [0.05, 0.1) is 13.0 Å². The first-order valence-corrected chi connectivity index (χ1v) is 24.8. The van der Waals surface area contributed by atoms with Gasteiger partial charge in [-0.05, 0) is 55.2 Å². The first-order chi connectivity index (χ1) is 32.1. The van der Waals surface area contributed by atoms with Crippen LogP contribution in [0, 0.1) is 11.8 Å². The molecule has 2 fully saturated rings. The minimum absolute atomic E-state index is 0.0259. The van der Waals surface area contributed by atoms with E-state index in [1.807, 2.05) is 13.8 Å². The number of nitrogens with zero attached hydrogens (tertiary/aromatic N) is 2. The number of rotatable bonds is 18. The van der Waals surface area contributed by atoms with Gasteiger partial charge in [0.15, 0.2) is 0 Å². The number of phenols is 1. The van der Waals surface area contributed by atoms with Gasteiger partial charge in [-0.3, -0.25) is 52.7 Å². The van der Waals surface area contributed by atoms with E-state index in [1.165, 1.54) is 21.9 Å². The predicted octanol–water partition coefficient (Wildman–Crippen LogP) is -2.25. The lowest BCUT2D eigenvalue weighted by molar-refractivity contribution is -0.147. The van der Waals surface area contributed by atoms with Gasteiger partial charge in [0, 0.05) is 37.3 Å². The number of primary amides is 3. The number of benzene rings is 1. The second kappa shape index (κ2) is 27.6. The number of carbonyl (C=O) groups excluding carboxylic acids is 11. The molecule has 3 rings (SSSR count). The standard InChI is InChI=1S/C43H65N11O12S2/c1-5-24(4)37-42(65)49-27(12-13-32(44)57)38(61)50-29(19-33(45)58)39(62)51-30(21-68-67-16-14-35(60)48-28(40(63)52-37)18-25-8-10-26(56)11-9-25)43(66)53-15-6-7-36(53)54(22-55)31(17-23(2)3)41(64)47-20-34(46)59/h8-11,22-24,27-31,36-37,56H,5-7,12-21H2,1-4H3,(H2,44,57)(H2,45,58)(H2,46,59)(H,47,64)(H,48,60)(H,49,65)(H,50,61)(H,51,62)(H,52,63). The summed E-state index contributed by atoms with van der Waals surface area (Å²) in [5.41, 5.74) is 16.7. The van der Waals surface area contributed by atoms with Crippen molar-refractivity contribution >= 4 is 87.1 Å². The highest BCUT2D eigenvalue weighted by molar-refractivity contribution is 8.76. The first kappa shape index (κ1) is 56.2. The van der Waals surface area contributed by atoms with Crippen LogP contribution in [0.2, 0.25) is 0 Å². The number of likely N-dealkylation sites (tertiary alicyclic amines) is 1. The van der Waals surface area contributed by atoms with Crippen LogP contribution in [0.4, 0.5) is 0 Å². The maximum Gasteiger partial charge on any atom is 0.247 e. The molecule has 25 heteroatoms. The molecule has 0 radical (unpaired) electrons. The molecule has 2 saturated heterocycles. The van der Waals surface area contributed by atoms with Gasteiger partial charge in [0.25, 0.3) is 0 Å². The van der Waals surface area contributed by atoms with Crippen LogP contribution in [0.1, 0.15) is 84.6 Å². The van der Waals surface area contributed by atoms with E-state index in [2.05, 4.69) is 31.9 Å². The van der Waals surface area contributed by atoms with Gasteiger partial charge in [-0.15, -0.1) is 0 Å². The molecule has 2 aliphatic heterocycles. The number of nitrogens with one attached hydrogen (secondary N) is 6. The van der Waals surface area contributed by atoms with Crippen LogP contribution in [-0.2, 0) is 59.2 Å². The van der Waals surface area contributed by atoms with E-state index >= 15 is 0 Å². The second-order valence-electron chi connectivity index (χ2n) is 17.1. The Hall–Kier alpha value is -6.11. The topological polar surface area (TPSA) is 365 Å². The Morgan fingerprint density at radius 3 is 2.10 bits per heavy atom. The first-order valence-electron chi connectivity index (χ1n) is 22.3. The Morgan fingerprint density at radius 1 is 0.853 bits per heavy atom. The molecule has 13 N–H and O–H groups in total. The van der Waals surface area contributed by atoms with Crippen LogP contribution in [0.3, 0.4) is 0 Å². The highest BCUT2D eigenvalue weighted by atomic mass is 33.1. The molecule has 0 bridgehead atoms. The third kappa shape index (κ3) is 17.8. The fraction of sp³-hybridized carbons (Fsp3) is 0.605. The minimum atomic E-state index is -1.73. The van der Waals surface area contributed by atoms with Crippen LogP contribution < -0.4 is 49.1 Å². The van der Waals surface area contributed by atoms with Crippen molar-refractivity contribution in [2.24, 2.45) is 29.0 Å². The van der Waals surface area contributed by atoms with E-state index in [9.17, 15) is 57.8 Å². The summed E-state index contributed by atoms with van der Waals surface area (Å²) >= 11 is 0. The number of nitrogens with two attached hydrogens (primary N) is 3.